The van der Waals surface area contributed by atoms with Crippen molar-refractivity contribution in [2.45, 2.75) is 59.9 Å². The van der Waals surface area contributed by atoms with Gasteiger partial charge in [0.1, 0.15) is 6.04 Å². The summed E-state index contributed by atoms with van der Waals surface area (Å²) in [6, 6.07) is -0.516. The SMILES string of the molecule is CCC(=O)N1CCC(C(NC(=O)C(C)C)C(=O)NCC(C)C)CC1. The monoisotopic (exact) mass is 339 g/mol. The zero-order valence-corrected chi connectivity index (χ0v) is 15.7. The molecule has 0 aliphatic carbocycles. The van der Waals surface area contributed by atoms with Crippen LogP contribution in [0.1, 0.15) is 53.9 Å². The van der Waals surface area contributed by atoms with E-state index < -0.39 is 6.04 Å². The number of rotatable bonds is 7. The van der Waals surface area contributed by atoms with E-state index in [1.807, 2.05) is 39.5 Å². The Morgan fingerprint density at radius 1 is 1.04 bits per heavy atom. The Bertz CT molecular complexity index is 441. The zero-order chi connectivity index (χ0) is 18.3. The van der Waals surface area contributed by atoms with Gasteiger partial charge in [-0.05, 0) is 24.7 Å². The van der Waals surface area contributed by atoms with E-state index >= 15 is 0 Å². The first-order valence-electron chi connectivity index (χ1n) is 9.12. The van der Waals surface area contributed by atoms with Crippen molar-refractivity contribution in [3.05, 3.63) is 0 Å². The van der Waals surface area contributed by atoms with E-state index in [1.165, 1.54) is 0 Å². The molecular formula is C18H33N3O3. The van der Waals surface area contributed by atoms with Gasteiger partial charge in [-0.3, -0.25) is 14.4 Å². The lowest BCUT2D eigenvalue weighted by Gasteiger charge is -2.36. The molecule has 1 aliphatic rings. The number of likely N-dealkylation sites (tertiary alicyclic amines) is 1. The Balaban J connectivity index is 2.72. The third-order valence-corrected chi connectivity index (χ3v) is 4.46. The molecule has 24 heavy (non-hydrogen) atoms. The van der Waals surface area contributed by atoms with Gasteiger partial charge in [-0.2, -0.15) is 0 Å². The van der Waals surface area contributed by atoms with Crippen LogP contribution in [-0.4, -0.2) is 48.3 Å². The van der Waals surface area contributed by atoms with Crippen molar-refractivity contribution < 1.29 is 14.4 Å². The Morgan fingerprint density at radius 3 is 2.08 bits per heavy atom. The molecule has 0 radical (unpaired) electrons. The number of hydrogen-bond acceptors (Lipinski definition) is 3. The fraction of sp³-hybridized carbons (Fsp3) is 0.833. The number of amides is 3. The molecule has 6 nitrogen and oxygen atoms in total. The van der Waals surface area contributed by atoms with E-state index in [4.69, 9.17) is 0 Å². The largest absolute Gasteiger partial charge is 0.354 e. The first kappa shape index (κ1) is 20.5. The number of nitrogens with one attached hydrogen (secondary N) is 2. The Hall–Kier alpha value is -1.59. The van der Waals surface area contributed by atoms with Crippen molar-refractivity contribution >= 4 is 17.7 Å². The summed E-state index contributed by atoms with van der Waals surface area (Å²) in [5.41, 5.74) is 0. The van der Waals surface area contributed by atoms with Crippen LogP contribution in [-0.2, 0) is 14.4 Å². The highest BCUT2D eigenvalue weighted by Gasteiger charge is 2.33. The van der Waals surface area contributed by atoms with E-state index in [-0.39, 0.29) is 29.6 Å². The van der Waals surface area contributed by atoms with Gasteiger partial charge >= 0.3 is 0 Å². The normalized spacial score (nSPS) is 17.0. The summed E-state index contributed by atoms with van der Waals surface area (Å²) in [4.78, 5) is 38.3. The molecule has 0 saturated carbocycles. The van der Waals surface area contributed by atoms with Gasteiger partial charge in [0, 0.05) is 32.0 Å². The van der Waals surface area contributed by atoms with Crippen LogP contribution in [0.3, 0.4) is 0 Å². The van der Waals surface area contributed by atoms with Crippen LogP contribution >= 0.6 is 0 Å². The number of carbonyl (C=O) groups excluding carboxylic acids is 3. The molecule has 1 rings (SSSR count). The fourth-order valence-corrected chi connectivity index (χ4v) is 2.84. The average Bonchev–Trinajstić information content (AvgIpc) is 2.56. The van der Waals surface area contributed by atoms with Gasteiger partial charge in [0.2, 0.25) is 17.7 Å². The summed E-state index contributed by atoms with van der Waals surface area (Å²) in [5.74, 6) is 0.206. The molecule has 1 heterocycles. The minimum absolute atomic E-state index is 0.0702. The second kappa shape index (κ2) is 9.64. The molecule has 0 aromatic carbocycles. The number of piperidine rings is 1. The quantitative estimate of drug-likeness (QED) is 0.739. The first-order valence-corrected chi connectivity index (χ1v) is 9.12. The van der Waals surface area contributed by atoms with E-state index in [2.05, 4.69) is 10.6 Å². The Morgan fingerprint density at radius 2 is 1.62 bits per heavy atom. The molecular weight excluding hydrogens is 306 g/mol. The fourth-order valence-electron chi connectivity index (χ4n) is 2.84. The standard InChI is InChI=1S/C18H33N3O3/c1-6-15(22)21-9-7-14(8-10-21)16(20-17(23)13(4)5)18(24)19-11-12(2)3/h12-14,16H,6-11H2,1-5H3,(H,19,24)(H,20,23). The molecule has 0 aromatic rings. The lowest BCUT2D eigenvalue weighted by molar-refractivity contribution is -0.135. The predicted octanol–water partition coefficient (Wildman–Crippen LogP) is 1.55. The third-order valence-electron chi connectivity index (χ3n) is 4.46. The molecule has 6 heteroatoms. The van der Waals surface area contributed by atoms with Crippen molar-refractivity contribution in [2.75, 3.05) is 19.6 Å². The summed E-state index contributed by atoms with van der Waals surface area (Å²) >= 11 is 0. The van der Waals surface area contributed by atoms with Gasteiger partial charge in [0.05, 0.1) is 0 Å². The topological polar surface area (TPSA) is 78.5 Å². The van der Waals surface area contributed by atoms with Crippen molar-refractivity contribution in [3.8, 4) is 0 Å². The summed E-state index contributed by atoms with van der Waals surface area (Å²) in [6.45, 7) is 11.5. The summed E-state index contributed by atoms with van der Waals surface area (Å²) in [6.07, 6.45) is 1.99. The zero-order valence-electron chi connectivity index (χ0n) is 15.7. The van der Waals surface area contributed by atoms with Crippen LogP contribution in [0.15, 0.2) is 0 Å². The summed E-state index contributed by atoms with van der Waals surface area (Å²) in [5, 5.41) is 5.85. The number of nitrogens with zero attached hydrogens (tertiary/aromatic N) is 1. The van der Waals surface area contributed by atoms with Crippen LogP contribution in [0.5, 0.6) is 0 Å². The van der Waals surface area contributed by atoms with Crippen LogP contribution < -0.4 is 10.6 Å². The molecule has 3 amide bonds. The molecule has 2 N–H and O–H groups in total. The van der Waals surface area contributed by atoms with Crippen LogP contribution in [0.2, 0.25) is 0 Å². The second-order valence-electron chi connectivity index (χ2n) is 7.35. The lowest BCUT2D eigenvalue weighted by atomic mass is 9.88. The number of carbonyl (C=O) groups is 3. The molecule has 0 aromatic heterocycles. The van der Waals surface area contributed by atoms with E-state index in [0.717, 1.165) is 12.8 Å². The predicted molar refractivity (Wildman–Crippen MR) is 94.2 cm³/mol. The van der Waals surface area contributed by atoms with Crippen LogP contribution in [0.25, 0.3) is 0 Å². The molecule has 1 unspecified atom stereocenters. The molecule has 1 saturated heterocycles. The van der Waals surface area contributed by atoms with Crippen LogP contribution in [0, 0.1) is 17.8 Å². The maximum absolute atomic E-state index is 12.6. The number of hydrogen-bond donors (Lipinski definition) is 2. The van der Waals surface area contributed by atoms with E-state index in [1.54, 1.807) is 0 Å². The molecule has 0 bridgehead atoms. The van der Waals surface area contributed by atoms with Gasteiger partial charge in [-0.15, -0.1) is 0 Å². The highest BCUT2D eigenvalue weighted by Crippen LogP contribution is 2.22. The molecule has 138 valence electrons. The van der Waals surface area contributed by atoms with Gasteiger partial charge in [0.15, 0.2) is 0 Å². The lowest BCUT2D eigenvalue weighted by Crippen LogP contribution is -2.54. The third kappa shape index (κ3) is 6.13. The van der Waals surface area contributed by atoms with E-state index in [9.17, 15) is 14.4 Å². The summed E-state index contributed by atoms with van der Waals surface area (Å²) in [7, 11) is 0. The highest BCUT2D eigenvalue weighted by atomic mass is 16.2. The molecule has 1 atom stereocenters. The maximum atomic E-state index is 12.6. The van der Waals surface area contributed by atoms with Crippen molar-refractivity contribution in [1.82, 2.24) is 15.5 Å². The van der Waals surface area contributed by atoms with E-state index in [0.29, 0.717) is 32.0 Å². The Kier molecular flexibility index (Phi) is 8.22. The van der Waals surface area contributed by atoms with Crippen molar-refractivity contribution in [3.63, 3.8) is 0 Å². The van der Waals surface area contributed by atoms with Crippen molar-refractivity contribution in [1.29, 1.82) is 0 Å². The minimum Gasteiger partial charge on any atom is -0.354 e. The molecule has 0 spiro atoms. The molecule has 1 aliphatic heterocycles. The second-order valence-corrected chi connectivity index (χ2v) is 7.35. The van der Waals surface area contributed by atoms with Gasteiger partial charge < -0.3 is 15.5 Å². The van der Waals surface area contributed by atoms with Crippen LogP contribution in [0.4, 0.5) is 0 Å². The smallest absolute Gasteiger partial charge is 0.242 e. The first-order chi connectivity index (χ1) is 11.3. The average molecular weight is 339 g/mol. The Labute approximate surface area is 145 Å². The van der Waals surface area contributed by atoms with Gasteiger partial charge in [-0.25, -0.2) is 0 Å². The maximum Gasteiger partial charge on any atom is 0.242 e. The van der Waals surface area contributed by atoms with Gasteiger partial charge in [-0.1, -0.05) is 34.6 Å². The van der Waals surface area contributed by atoms with Crippen molar-refractivity contribution in [2.24, 2.45) is 17.8 Å². The minimum atomic E-state index is -0.516. The highest BCUT2D eigenvalue weighted by molar-refractivity contribution is 5.88. The van der Waals surface area contributed by atoms with Gasteiger partial charge in [0.25, 0.3) is 0 Å². The molecule has 1 fully saturated rings. The summed E-state index contributed by atoms with van der Waals surface area (Å²) < 4.78 is 0.